The number of aryl methyl sites for hydroxylation is 1. The molecule has 0 saturated carbocycles. The van der Waals surface area contributed by atoms with Gasteiger partial charge in [-0.15, -0.1) is 0 Å². The molecule has 2 atom stereocenters. The van der Waals surface area contributed by atoms with Crippen molar-refractivity contribution in [1.82, 2.24) is 9.47 Å². The van der Waals surface area contributed by atoms with Gasteiger partial charge in [-0.05, 0) is 41.6 Å². The average molecular weight is 397 g/mol. The van der Waals surface area contributed by atoms with Crippen molar-refractivity contribution in [2.24, 2.45) is 7.05 Å². The second kappa shape index (κ2) is 6.99. The molecule has 1 amide bonds. The molecule has 150 valence electrons. The molecule has 1 aliphatic rings. The normalized spacial score (nSPS) is 16.4. The van der Waals surface area contributed by atoms with E-state index in [2.05, 4.69) is 5.32 Å². The summed E-state index contributed by atoms with van der Waals surface area (Å²) in [5.74, 6) is -2.21. The standard InChI is InChI=1S/C22H21F2N3O2/c1-12(27(3)22(29)20-8-13-6-4-5-7-19(13)25-20)16-11-26(2)21(28)15-10-18(24)17(23)9-14(15)16/h4-7,9-12,20,25H,8H2,1-3H3/t12-,20-/m0/s1. The molecule has 0 spiro atoms. The van der Waals surface area contributed by atoms with E-state index in [1.54, 1.807) is 32.1 Å². The quantitative estimate of drug-likeness (QED) is 0.737. The predicted octanol–water partition coefficient (Wildman–Crippen LogP) is 3.37. The van der Waals surface area contributed by atoms with Crippen LogP contribution in [0.1, 0.15) is 24.1 Å². The summed E-state index contributed by atoms with van der Waals surface area (Å²) in [5.41, 5.74) is 2.18. The molecule has 4 rings (SSSR count). The topological polar surface area (TPSA) is 54.3 Å². The Hall–Kier alpha value is -3.22. The van der Waals surface area contributed by atoms with E-state index in [0.29, 0.717) is 17.4 Å². The van der Waals surface area contributed by atoms with Crippen LogP contribution in [0, 0.1) is 11.6 Å². The highest BCUT2D eigenvalue weighted by Gasteiger charge is 2.31. The van der Waals surface area contributed by atoms with Gasteiger partial charge in [-0.3, -0.25) is 9.59 Å². The zero-order valence-electron chi connectivity index (χ0n) is 16.4. The molecule has 7 heteroatoms. The van der Waals surface area contributed by atoms with Gasteiger partial charge in [0.2, 0.25) is 5.91 Å². The maximum absolute atomic E-state index is 13.9. The number of fused-ring (bicyclic) bond motifs is 2. The van der Waals surface area contributed by atoms with Crippen molar-refractivity contribution in [2.75, 3.05) is 12.4 Å². The monoisotopic (exact) mass is 397 g/mol. The number of hydrogen-bond donors (Lipinski definition) is 1. The van der Waals surface area contributed by atoms with E-state index >= 15 is 0 Å². The second-order valence-electron chi connectivity index (χ2n) is 7.50. The van der Waals surface area contributed by atoms with Crippen molar-refractivity contribution in [1.29, 1.82) is 0 Å². The number of anilines is 1. The SMILES string of the molecule is C[C@@H](c1cn(C)c(=O)c2cc(F)c(F)cc12)N(C)C(=O)[C@@H]1Cc2ccccc2N1. The van der Waals surface area contributed by atoms with Gasteiger partial charge in [0.15, 0.2) is 11.6 Å². The number of halogens is 2. The summed E-state index contributed by atoms with van der Waals surface area (Å²) in [5, 5.41) is 3.63. The minimum atomic E-state index is -1.07. The number of pyridine rings is 1. The van der Waals surface area contributed by atoms with E-state index in [-0.39, 0.29) is 11.3 Å². The van der Waals surface area contributed by atoms with Crippen molar-refractivity contribution < 1.29 is 13.6 Å². The highest BCUT2D eigenvalue weighted by molar-refractivity contribution is 5.89. The summed E-state index contributed by atoms with van der Waals surface area (Å²) in [6, 6.07) is 8.86. The van der Waals surface area contributed by atoms with E-state index in [1.165, 1.54) is 4.57 Å². The first-order valence-corrected chi connectivity index (χ1v) is 9.37. The third-order valence-corrected chi connectivity index (χ3v) is 5.70. The van der Waals surface area contributed by atoms with E-state index in [1.807, 2.05) is 24.3 Å². The molecule has 0 saturated heterocycles. The largest absolute Gasteiger partial charge is 0.373 e. The van der Waals surface area contributed by atoms with Gasteiger partial charge in [-0.1, -0.05) is 18.2 Å². The van der Waals surface area contributed by atoms with Crippen LogP contribution in [0.3, 0.4) is 0 Å². The number of carbonyl (C=O) groups excluding carboxylic acids is 1. The van der Waals surface area contributed by atoms with Crippen LogP contribution in [0.4, 0.5) is 14.5 Å². The Labute approximate surface area is 166 Å². The lowest BCUT2D eigenvalue weighted by molar-refractivity contribution is -0.132. The summed E-state index contributed by atoms with van der Waals surface area (Å²) >= 11 is 0. The van der Waals surface area contributed by atoms with E-state index < -0.39 is 29.3 Å². The Bertz CT molecular complexity index is 1160. The van der Waals surface area contributed by atoms with Crippen LogP contribution in [0.5, 0.6) is 0 Å². The van der Waals surface area contributed by atoms with Gasteiger partial charge in [0.05, 0.1) is 11.4 Å². The van der Waals surface area contributed by atoms with Gasteiger partial charge < -0.3 is 14.8 Å². The van der Waals surface area contributed by atoms with E-state index in [0.717, 1.165) is 23.4 Å². The summed E-state index contributed by atoms with van der Waals surface area (Å²) in [7, 11) is 3.23. The molecule has 1 N–H and O–H groups in total. The number of amides is 1. The number of rotatable bonds is 3. The van der Waals surface area contributed by atoms with Gasteiger partial charge >= 0.3 is 0 Å². The van der Waals surface area contributed by atoms with Crippen LogP contribution in [0.15, 0.2) is 47.4 Å². The molecule has 0 bridgehead atoms. The van der Waals surface area contributed by atoms with Gasteiger partial charge in [0, 0.05) is 32.4 Å². The Morgan fingerprint density at radius 3 is 2.55 bits per heavy atom. The number of aromatic nitrogens is 1. The summed E-state index contributed by atoms with van der Waals surface area (Å²) < 4.78 is 29.0. The van der Waals surface area contributed by atoms with Crippen molar-refractivity contribution in [3.8, 4) is 0 Å². The van der Waals surface area contributed by atoms with E-state index in [9.17, 15) is 18.4 Å². The molecule has 0 unspecified atom stereocenters. The fraction of sp³-hybridized carbons (Fsp3) is 0.273. The van der Waals surface area contributed by atoms with Crippen molar-refractivity contribution in [3.63, 3.8) is 0 Å². The van der Waals surface area contributed by atoms with Gasteiger partial charge in [0.25, 0.3) is 5.56 Å². The van der Waals surface area contributed by atoms with Gasteiger partial charge in [-0.25, -0.2) is 8.78 Å². The summed E-state index contributed by atoms with van der Waals surface area (Å²) in [6.45, 7) is 1.81. The van der Waals surface area contributed by atoms with Crippen LogP contribution in [0.2, 0.25) is 0 Å². The Morgan fingerprint density at radius 1 is 1.21 bits per heavy atom. The molecule has 1 aromatic heterocycles. The van der Waals surface area contributed by atoms with E-state index in [4.69, 9.17) is 0 Å². The molecular formula is C22H21F2N3O2. The number of likely N-dealkylation sites (N-methyl/N-ethyl adjacent to an activating group) is 1. The maximum atomic E-state index is 13.9. The lowest BCUT2D eigenvalue weighted by atomic mass is 10.00. The molecule has 0 radical (unpaired) electrons. The highest BCUT2D eigenvalue weighted by atomic mass is 19.2. The third kappa shape index (κ3) is 3.16. The Kier molecular flexibility index (Phi) is 4.61. The predicted molar refractivity (Wildman–Crippen MR) is 108 cm³/mol. The lowest BCUT2D eigenvalue weighted by Crippen LogP contribution is -2.41. The highest BCUT2D eigenvalue weighted by Crippen LogP contribution is 2.30. The Balaban J connectivity index is 1.69. The number of nitrogens with zero attached hydrogens (tertiary/aromatic N) is 2. The fourth-order valence-corrected chi connectivity index (χ4v) is 3.91. The average Bonchev–Trinajstić information content (AvgIpc) is 3.15. The lowest BCUT2D eigenvalue weighted by Gasteiger charge is -2.29. The molecule has 0 fully saturated rings. The number of hydrogen-bond acceptors (Lipinski definition) is 3. The fourth-order valence-electron chi connectivity index (χ4n) is 3.91. The molecule has 5 nitrogen and oxygen atoms in total. The first-order valence-electron chi connectivity index (χ1n) is 9.37. The number of para-hydroxylation sites is 1. The molecule has 2 aromatic carbocycles. The minimum Gasteiger partial charge on any atom is -0.373 e. The van der Waals surface area contributed by atoms with Crippen molar-refractivity contribution >= 4 is 22.4 Å². The zero-order chi connectivity index (χ0) is 20.9. The number of carbonyl (C=O) groups is 1. The molecule has 1 aliphatic heterocycles. The van der Waals surface area contributed by atoms with Crippen LogP contribution in [0.25, 0.3) is 10.8 Å². The third-order valence-electron chi connectivity index (χ3n) is 5.70. The minimum absolute atomic E-state index is 0.0861. The number of nitrogens with one attached hydrogen (secondary N) is 1. The van der Waals surface area contributed by atoms with Gasteiger partial charge in [-0.2, -0.15) is 0 Å². The van der Waals surface area contributed by atoms with Crippen LogP contribution in [-0.4, -0.2) is 28.5 Å². The molecule has 2 heterocycles. The number of benzene rings is 2. The van der Waals surface area contributed by atoms with Crippen molar-refractivity contribution in [2.45, 2.75) is 25.4 Å². The van der Waals surface area contributed by atoms with Crippen LogP contribution < -0.4 is 10.9 Å². The molecule has 0 aliphatic carbocycles. The first kappa shape index (κ1) is 19.1. The zero-order valence-corrected chi connectivity index (χ0v) is 16.4. The summed E-state index contributed by atoms with van der Waals surface area (Å²) in [6.07, 6.45) is 2.16. The van der Waals surface area contributed by atoms with Crippen LogP contribution >= 0.6 is 0 Å². The smallest absolute Gasteiger partial charge is 0.258 e. The molecule has 29 heavy (non-hydrogen) atoms. The molecule has 3 aromatic rings. The first-order chi connectivity index (χ1) is 13.8. The summed E-state index contributed by atoms with van der Waals surface area (Å²) in [4.78, 5) is 27.1. The van der Waals surface area contributed by atoms with Gasteiger partial charge in [0.1, 0.15) is 6.04 Å². The maximum Gasteiger partial charge on any atom is 0.258 e. The second-order valence-corrected chi connectivity index (χ2v) is 7.50. The van der Waals surface area contributed by atoms with Crippen molar-refractivity contribution in [3.05, 3.63) is 75.7 Å². The molecular weight excluding hydrogens is 376 g/mol. The van der Waals surface area contributed by atoms with Crippen LogP contribution in [-0.2, 0) is 18.3 Å². The Morgan fingerprint density at radius 2 is 1.86 bits per heavy atom.